The molecule has 1 rings (SSSR count). The van der Waals surface area contributed by atoms with Gasteiger partial charge >= 0.3 is 0 Å². The first kappa shape index (κ1) is 10.8. The molecule has 0 fully saturated rings. The van der Waals surface area contributed by atoms with Crippen molar-refractivity contribution in [3.8, 4) is 12.1 Å². The molecule has 3 nitrogen and oxygen atoms in total. The van der Waals surface area contributed by atoms with Crippen molar-refractivity contribution in [2.24, 2.45) is 0 Å². The maximum absolute atomic E-state index is 8.95. The van der Waals surface area contributed by atoms with Crippen molar-refractivity contribution in [2.45, 2.75) is 6.92 Å². The van der Waals surface area contributed by atoms with Gasteiger partial charge in [-0.05, 0) is 24.6 Å². The van der Waals surface area contributed by atoms with Crippen molar-refractivity contribution in [3.05, 3.63) is 41.2 Å². The van der Waals surface area contributed by atoms with Crippen LogP contribution in [0, 0.1) is 22.7 Å². The zero-order chi connectivity index (χ0) is 11.3. The van der Waals surface area contributed by atoms with Crippen LogP contribution in [0.3, 0.4) is 0 Å². The van der Waals surface area contributed by atoms with E-state index in [1.165, 1.54) is 7.11 Å². The minimum absolute atomic E-state index is 0.488. The second kappa shape index (κ2) is 4.83. The van der Waals surface area contributed by atoms with Crippen LogP contribution in [0.15, 0.2) is 30.0 Å². The first-order valence-corrected chi connectivity index (χ1v) is 4.38. The Kier molecular flexibility index (Phi) is 3.49. The van der Waals surface area contributed by atoms with Gasteiger partial charge in [0.2, 0.25) is 0 Å². The molecule has 0 spiro atoms. The largest absolute Gasteiger partial charge is 0.500 e. The van der Waals surface area contributed by atoms with Crippen LogP contribution in [0.4, 0.5) is 0 Å². The number of allylic oxidation sites excluding steroid dienone is 2. The molecule has 0 heterocycles. The maximum Gasteiger partial charge on any atom is 0.111 e. The third-order valence-corrected chi connectivity index (χ3v) is 2.07. The highest BCUT2D eigenvalue weighted by molar-refractivity contribution is 5.78. The lowest BCUT2D eigenvalue weighted by Crippen LogP contribution is -1.89. The molecule has 0 aromatic heterocycles. The molecule has 74 valence electrons. The second-order valence-electron chi connectivity index (χ2n) is 2.94. The summed E-state index contributed by atoms with van der Waals surface area (Å²) in [4.78, 5) is 0. The van der Waals surface area contributed by atoms with Crippen molar-refractivity contribution in [2.75, 3.05) is 7.11 Å². The van der Waals surface area contributed by atoms with Gasteiger partial charge in [0.25, 0.3) is 0 Å². The zero-order valence-electron chi connectivity index (χ0n) is 8.61. The van der Waals surface area contributed by atoms with Crippen LogP contribution < -0.4 is 0 Å². The van der Waals surface area contributed by atoms with Gasteiger partial charge in [0.1, 0.15) is 11.8 Å². The Morgan fingerprint density at radius 3 is 2.20 bits per heavy atom. The number of ether oxygens (including phenoxy) is 1. The highest BCUT2D eigenvalue weighted by Crippen LogP contribution is 2.18. The lowest BCUT2D eigenvalue weighted by Gasteiger charge is -2.04. The number of methoxy groups -OCH3 is 1. The average Bonchev–Trinajstić information content (AvgIpc) is 2.30. The molecule has 0 atom stereocenters. The monoisotopic (exact) mass is 198 g/mol. The summed E-state index contributed by atoms with van der Waals surface area (Å²) in [5, 5.41) is 17.6. The summed E-state index contributed by atoms with van der Waals surface area (Å²) < 4.78 is 5.01. The fourth-order valence-electron chi connectivity index (χ4n) is 1.16. The summed E-state index contributed by atoms with van der Waals surface area (Å²) >= 11 is 0. The predicted molar refractivity (Wildman–Crippen MR) is 56.4 cm³/mol. The number of rotatable bonds is 2. The lowest BCUT2D eigenvalue weighted by atomic mass is 10.0. The van der Waals surface area contributed by atoms with E-state index in [2.05, 4.69) is 6.07 Å². The van der Waals surface area contributed by atoms with E-state index in [0.717, 1.165) is 5.56 Å². The number of hydrogen-bond donors (Lipinski definition) is 0. The van der Waals surface area contributed by atoms with E-state index >= 15 is 0 Å². The van der Waals surface area contributed by atoms with Crippen molar-refractivity contribution < 1.29 is 4.74 Å². The normalized spacial score (nSPS) is 10.9. The topological polar surface area (TPSA) is 56.8 Å². The summed E-state index contributed by atoms with van der Waals surface area (Å²) in [7, 11) is 1.52. The van der Waals surface area contributed by atoms with Crippen molar-refractivity contribution in [1.29, 1.82) is 10.5 Å². The van der Waals surface area contributed by atoms with Gasteiger partial charge in [0, 0.05) is 0 Å². The Bertz CT molecular complexity index is 458. The first-order chi connectivity index (χ1) is 7.22. The van der Waals surface area contributed by atoms with Gasteiger partial charge in [-0.2, -0.15) is 10.5 Å². The SMILES string of the molecule is CO/C(C)=C(/C#N)c1ccc(C#N)cc1. The molecular weight excluding hydrogens is 188 g/mol. The van der Waals surface area contributed by atoms with Crippen LogP contribution in [0.5, 0.6) is 0 Å². The van der Waals surface area contributed by atoms with Gasteiger partial charge in [-0.25, -0.2) is 0 Å². The molecule has 1 aromatic carbocycles. The van der Waals surface area contributed by atoms with Gasteiger partial charge in [-0.3, -0.25) is 0 Å². The number of hydrogen-bond acceptors (Lipinski definition) is 3. The van der Waals surface area contributed by atoms with E-state index in [-0.39, 0.29) is 0 Å². The van der Waals surface area contributed by atoms with E-state index in [1.54, 1.807) is 31.2 Å². The standard InChI is InChI=1S/C12H10N2O/c1-9(15-2)12(8-14)11-5-3-10(7-13)4-6-11/h3-6H,1-2H3/b12-9-. The Labute approximate surface area is 88.8 Å². The summed E-state index contributed by atoms with van der Waals surface area (Å²) in [5.74, 6) is 0.571. The van der Waals surface area contributed by atoms with Crippen LogP contribution in [0.25, 0.3) is 5.57 Å². The Morgan fingerprint density at radius 1 is 1.20 bits per heavy atom. The third kappa shape index (κ3) is 2.36. The molecule has 0 aliphatic heterocycles. The molecule has 1 aromatic rings. The molecule has 0 saturated heterocycles. The zero-order valence-corrected chi connectivity index (χ0v) is 8.61. The van der Waals surface area contributed by atoms with Crippen molar-refractivity contribution >= 4 is 5.57 Å². The number of nitriles is 2. The third-order valence-electron chi connectivity index (χ3n) is 2.07. The summed E-state index contributed by atoms with van der Waals surface area (Å²) in [6.45, 7) is 1.73. The highest BCUT2D eigenvalue weighted by atomic mass is 16.5. The van der Waals surface area contributed by atoms with Crippen LogP contribution in [-0.2, 0) is 4.74 Å². The van der Waals surface area contributed by atoms with E-state index in [0.29, 0.717) is 16.9 Å². The maximum atomic E-state index is 8.95. The molecule has 0 bridgehead atoms. The van der Waals surface area contributed by atoms with Gasteiger partial charge in [0.05, 0.1) is 24.3 Å². The van der Waals surface area contributed by atoms with E-state index in [4.69, 9.17) is 15.3 Å². The van der Waals surface area contributed by atoms with Crippen LogP contribution in [0.1, 0.15) is 18.1 Å². The van der Waals surface area contributed by atoms with Crippen LogP contribution in [-0.4, -0.2) is 7.11 Å². The fraction of sp³-hybridized carbons (Fsp3) is 0.167. The summed E-state index contributed by atoms with van der Waals surface area (Å²) in [6, 6.07) is 10.9. The molecule has 0 aliphatic rings. The van der Waals surface area contributed by atoms with E-state index < -0.39 is 0 Å². The molecule has 0 unspecified atom stereocenters. The van der Waals surface area contributed by atoms with Crippen LogP contribution in [0.2, 0.25) is 0 Å². The number of nitrogens with zero attached hydrogens (tertiary/aromatic N) is 2. The van der Waals surface area contributed by atoms with Crippen molar-refractivity contribution in [1.82, 2.24) is 0 Å². The smallest absolute Gasteiger partial charge is 0.111 e. The molecule has 0 N–H and O–H groups in total. The van der Waals surface area contributed by atoms with Crippen LogP contribution >= 0.6 is 0 Å². The van der Waals surface area contributed by atoms with E-state index in [1.807, 2.05) is 6.07 Å². The molecule has 0 saturated carbocycles. The minimum Gasteiger partial charge on any atom is -0.500 e. The molecule has 3 heteroatoms. The fourth-order valence-corrected chi connectivity index (χ4v) is 1.16. The molecular formula is C12H10N2O. The second-order valence-corrected chi connectivity index (χ2v) is 2.94. The summed E-state index contributed by atoms with van der Waals surface area (Å²) in [6.07, 6.45) is 0. The lowest BCUT2D eigenvalue weighted by molar-refractivity contribution is 0.296. The average molecular weight is 198 g/mol. The predicted octanol–water partition coefficient (Wildman–Crippen LogP) is 2.46. The molecule has 15 heavy (non-hydrogen) atoms. The summed E-state index contributed by atoms with van der Waals surface area (Å²) in [5.41, 5.74) is 1.82. The number of benzene rings is 1. The molecule has 0 amide bonds. The van der Waals surface area contributed by atoms with Gasteiger partial charge in [-0.15, -0.1) is 0 Å². The van der Waals surface area contributed by atoms with E-state index in [9.17, 15) is 0 Å². The quantitative estimate of drug-likeness (QED) is 0.541. The van der Waals surface area contributed by atoms with Gasteiger partial charge in [-0.1, -0.05) is 12.1 Å². The highest BCUT2D eigenvalue weighted by Gasteiger charge is 2.05. The van der Waals surface area contributed by atoms with Gasteiger partial charge < -0.3 is 4.74 Å². The van der Waals surface area contributed by atoms with Crippen molar-refractivity contribution in [3.63, 3.8) is 0 Å². The Morgan fingerprint density at radius 2 is 1.80 bits per heavy atom. The Balaban J connectivity index is 3.18. The van der Waals surface area contributed by atoms with Gasteiger partial charge in [0.15, 0.2) is 0 Å². The molecule has 0 radical (unpaired) electrons. The molecule has 0 aliphatic carbocycles. The first-order valence-electron chi connectivity index (χ1n) is 4.38. The Hall–Kier alpha value is -2.26. The minimum atomic E-state index is 0.488.